The number of piperazine rings is 1. The molecule has 0 saturated carbocycles. The molecule has 0 aromatic heterocycles. The van der Waals surface area contributed by atoms with Crippen LogP contribution >= 0.6 is 0 Å². The minimum Gasteiger partial charge on any atom is -0.481 e. The van der Waals surface area contributed by atoms with Crippen molar-refractivity contribution in [1.82, 2.24) is 9.80 Å². The smallest absolute Gasteiger partial charge is 0.263 e. The zero-order valence-corrected chi connectivity index (χ0v) is 15.9. The summed E-state index contributed by atoms with van der Waals surface area (Å²) >= 11 is 0. The first kappa shape index (κ1) is 18.5. The lowest BCUT2D eigenvalue weighted by Crippen LogP contribution is -2.51. The number of carbonyl (C=O) groups excluding carboxylic acids is 1. The average Bonchev–Trinajstić information content (AvgIpc) is 2.66. The maximum absolute atomic E-state index is 12.7. The number of ether oxygens (including phenoxy) is 1. The highest BCUT2D eigenvalue weighted by molar-refractivity contribution is 5.81. The third kappa shape index (κ3) is 4.44. The van der Waals surface area contributed by atoms with E-state index in [1.807, 2.05) is 36.9 Å². The SMILES string of the molecule is Cc1cccc(O[C@@H](C)C(=O)N2CCN(Cc3ccccc3)CC2)c1C. The summed E-state index contributed by atoms with van der Waals surface area (Å²) in [6, 6.07) is 16.4. The largest absolute Gasteiger partial charge is 0.481 e. The molecule has 2 aromatic carbocycles. The van der Waals surface area contributed by atoms with Crippen molar-refractivity contribution in [3.05, 3.63) is 65.2 Å². The van der Waals surface area contributed by atoms with Crippen LogP contribution in [0.3, 0.4) is 0 Å². The summed E-state index contributed by atoms with van der Waals surface area (Å²) in [5.41, 5.74) is 3.59. The molecule has 2 aromatic rings. The van der Waals surface area contributed by atoms with E-state index in [4.69, 9.17) is 4.74 Å². The lowest BCUT2D eigenvalue weighted by molar-refractivity contribution is -0.139. The number of amides is 1. The van der Waals surface area contributed by atoms with Crippen LogP contribution in [0.25, 0.3) is 0 Å². The summed E-state index contributed by atoms with van der Waals surface area (Å²) in [6.07, 6.45) is -0.462. The van der Waals surface area contributed by atoms with E-state index in [0.717, 1.165) is 44.0 Å². The molecule has 1 aliphatic heterocycles. The van der Waals surface area contributed by atoms with Crippen molar-refractivity contribution in [3.8, 4) is 5.75 Å². The predicted molar refractivity (Wildman–Crippen MR) is 104 cm³/mol. The monoisotopic (exact) mass is 352 g/mol. The first-order valence-corrected chi connectivity index (χ1v) is 9.32. The Bertz CT molecular complexity index is 737. The van der Waals surface area contributed by atoms with E-state index in [0.29, 0.717) is 0 Å². The van der Waals surface area contributed by atoms with Gasteiger partial charge in [0.2, 0.25) is 0 Å². The van der Waals surface area contributed by atoms with Crippen molar-refractivity contribution in [2.24, 2.45) is 0 Å². The Balaban J connectivity index is 1.52. The van der Waals surface area contributed by atoms with Crippen molar-refractivity contribution in [2.75, 3.05) is 26.2 Å². The number of carbonyl (C=O) groups is 1. The first-order chi connectivity index (χ1) is 12.5. The molecule has 4 nitrogen and oxygen atoms in total. The van der Waals surface area contributed by atoms with Crippen LogP contribution in [0.15, 0.2) is 48.5 Å². The number of aryl methyl sites for hydroxylation is 1. The molecule has 1 amide bonds. The number of rotatable bonds is 5. The molecule has 138 valence electrons. The van der Waals surface area contributed by atoms with E-state index in [1.165, 1.54) is 11.1 Å². The van der Waals surface area contributed by atoms with Gasteiger partial charge in [-0.1, -0.05) is 42.5 Å². The molecule has 0 N–H and O–H groups in total. The Labute approximate surface area is 156 Å². The van der Waals surface area contributed by atoms with E-state index >= 15 is 0 Å². The molecule has 0 radical (unpaired) electrons. The number of nitrogens with zero attached hydrogens (tertiary/aromatic N) is 2. The summed E-state index contributed by atoms with van der Waals surface area (Å²) in [5.74, 6) is 0.874. The molecule has 1 heterocycles. The summed E-state index contributed by atoms with van der Waals surface area (Å²) < 4.78 is 5.96. The van der Waals surface area contributed by atoms with Gasteiger partial charge in [-0.15, -0.1) is 0 Å². The molecule has 3 rings (SSSR count). The van der Waals surface area contributed by atoms with Gasteiger partial charge in [0, 0.05) is 32.7 Å². The fourth-order valence-electron chi connectivity index (χ4n) is 3.32. The van der Waals surface area contributed by atoms with E-state index in [2.05, 4.69) is 42.2 Å². The van der Waals surface area contributed by atoms with Gasteiger partial charge in [-0.25, -0.2) is 0 Å². The molecule has 4 heteroatoms. The van der Waals surface area contributed by atoms with Gasteiger partial charge in [0.05, 0.1) is 0 Å². The quantitative estimate of drug-likeness (QED) is 0.827. The van der Waals surface area contributed by atoms with Gasteiger partial charge in [0.1, 0.15) is 5.75 Å². The maximum Gasteiger partial charge on any atom is 0.263 e. The van der Waals surface area contributed by atoms with E-state index in [1.54, 1.807) is 0 Å². The zero-order valence-electron chi connectivity index (χ0n) is 15.9. The van der Waals surface area contributed by atoms with Gasteiger partial charge in [0.15, 0.2) is 6.10 Å². The highest BCUT2D eigenvalue weighted by Gasteiger charge is 2.26. The number of hydrogen-bond acceptors (Lipinski definition) is 3. The van der Waals surface area contributed by atoms with Crippen molar-refractivity contribution < 1.29 is 9.53 Å². The fourth-order valence-corrected chi connectivity index (χ4v) is 3.32. The van der Waals surface area contributed by atoms with Gasteiger partial charge >= 0.3 is 0 Å². The highest BCUT2D eigenvalue weighted by Crippen LogP contribution is 2.22. The Morgan fingerprint density at radius 2 is 1.69 bits per heavy atom. The summed E-state index contributed by atoms with van der Waals surface area (Å²) in [7, 11) is 0. The molecule has 1 aliphatic rings. The van der Waals surface area contributed by atoms with Gasteiger partial charge < -0.3 is 9.64 Å². The molecule has 1 saturated heterocycles. The van der Waals surface area contributed by atoms with Crippen LogP contribution in [0.5, 0.6) is 5.75 Å². The average molecular weight is 352 g/mol. The summed E-state index contributed by atoms with van der Waals surface area (Å²) in [6.45, 7) is 10.2. The van der Waals surface area contributed by atoms with Crippen LogP contribution in [-0.2, 0) is 11.3 Å². The Morgan fingerprint density at radius 1 is 1.00 bits per heavy atom. The van der Waals surface area contributed by atoms with Gasteiger partial charge in [-0.05, 0) is 43.5 Å². The molecule has 0 unspecified atom stereocenters. The summed E-state index contributed by atoms with van der Waals surface area (Å²) in [5, 5.41) is 0. The Kier molecular flexibility index (Phi) is 5.94. The predicted octanol–water partition coefficient (Wildman–Crippen LogP) is 3.42. The molecule has 0 spiro atoms. The summed E-state index contributed by atoms with van der Waals surface area (Å²) in [4.78, 5) is 17.1. The highest BCUT2D eigenvalue weighted by atomic mass is 16.5. The van der Waals surface area contributed by atoms with Crippen molar-refractivity contribution in [1.29, 1.82) is 0 Å². The van der Waals surface area contributed by atoms with E-state index in [9.17, 15) is 4.79 Å². The Morgan fingerprint density at radius 3 is 2.38 bits per heavy atom. The molecule has 26 heavy (non-hydrogen) atoms. The number of hydrogen-bond donors (Lipinski definition) is 0. The normalized spacial score (nSPS) is 16.3. The minimum atomic E-state index is -0.462. The molecule has 0 aliphatic carbocycles. The third-order valence-corrected chi connectivity index (χ3v) is 5.14. The van der Waals surface area contributed by atoms with Crippen molar-refractivity contribution in [2.45, 2.75) is 33.4 Å². The fraction of sp³-hybridized carbons (Fsp3) is 0.409. The van der Waals surface area contributed by atoms with Gasteiger partial charge in [-0.2, -0.15) is 0 Å². The second kappa shape index (κ2) is 8.37. The minimum absolute atomic E-state index is 0.0743. The maximum atomic E-state index is 12.7. The van der Waals surface area contributed by atoms with Gasteiger partial charge in [0.25, 0.3) is 5.91 Å². The van der Waals surface area contributed by atoms with Crippen molar-refractivity contribution in [3.63, 3.8) is 0 Å². The molecule has 1 atom stereocenters. The lowest BCUT2D eigenvalue weighted by Gasteiger charge is -2.36. The Hall–Kier alpha value is -2.33. The lowest BCUT2D eigenvalue weighted by atomic mass is 10.1. The molecule has 1 fully saturated rings. The topological polar surface area (TPSA) is 32.8 Å². The number of benzene rings is 2. The van der Waals surface area contributed by atoms with Crippen LogP contribution in [0.2, 0.25) is 0 Å². The zero-order chi connectivity index (χ0) is 18.5. The molecule has 0 bridgehead atoms. The van der Waals surface area contributed by atoms with Crippen LogP contribution < -0.4 is 4.74 Å². The van der Waals surface area contributed by atoms with E-state index in [-0.39, 0.29) is 5.91 Å². The second-order valence-electron chi connectivity index (χ2n) is 7.05. The first-order valence-electron chi connectivity index (χ1n) is 9.32. The van der Waals surface area contributed by atoms with Crippen molar-refractivity contribution >= 4 is 5.91 Å². The second-order valence-corrected chi connectivity index (χ2v) is 7.05. The van der Waals surface area contributed by atoms with Crippen LogP contribution in [0.4, 0.5) is 0 Å². The standard InChI is InChI=1S/C22H28N2O2/c1-17-8-7-11-21(18(17)2)26-19(3)22(25)24-14-12-23(13-15-24)16-20-9-5-4-6-10-20/h4-11,19H,12-16H2,1-3H3/t19-/m0/s1. The molecular formula is C22H28N2O2. The third-order valence-electron chi connectivity index (χ3n) is 5.14. The van der Waals surface area contributed by atoms with Crippen LogP contribution in [-0.4, -0.2) is 48.0 Å². The van der Waals surface area contributed by atoms with Crippen LogP contribution in [0.1, 0.15) is 23.6 Å². The molecular weight excluding hydrogens is 324 g/mol. The van der Waals surface area contributed by atoms with E-state index < -0.39 is 6.10 Å². The van der Waals surface area contributed by atoms with Gasteiger partial charge in [-0.3, -0.25) is 9.69 Å². The van der Waals surface area contributed by atoms with Crippen LogP contribution in [0, 0.1) is 13.8 Å².